The summed E-state index contributed by atoms with van der Waals surface area (Å²) in [4.78, 5) is 22.7. The van der Waals surface area contributed by atoms with Crippen molar-refractivity contribution in [1.82, 2.24) is 0 Å². The van der Waals surface area contributed by atoms with Crippen LogP contribution >= 0.6 is 0 Å². The highest BCUT2D eigenvalue weighted by molar-refractivity contribution is 5.87. The van der Waals surface area contributed by atoms with Crippen LogP contribution in [0.1, 0.15) is 46.5 Å². The average Bonchev–Trinajstić information content (AvgIpc) is 2.34. The van der Waals surface area contributed by atoms with Crippen LogP contribution in [0.4, 0.5) is 0 Å². The minimum Gasteiger partial charge on any atom is -0.462 e. The Morgan fingerprint density at radius 3 is 2.11 bits per heavy atom. The van der Waals surface area contributed by atoms with E-state index >= 15 is 0 Å². The Kier molecular flexibility index (Phi) is 8.58. The van der Waals surface area contributed by atoms with Gasteiger partial charge in [0, 0.05) is 17.6 Å². The molecule has 0 fully saturated rings. The van der Waals surface area contributed by atoms with Crippen molar-refractivity contribution in [2.45, 2.75) is 52.6 Å². The van der Waals surface area contributed by atoms with E-state index in [4.69, 9.17) is 9.47 Å². The van der Waals surface area contributed by atoms with Gasteiger partial charge in [-0.05, 0) is 20.3 Å². The quantitative estimate of drug-likeness (QED) is 0.476. The van der Waals surface area contributed by atoms with Crippen LogP contribution in [0.15, 0.2) is 24.3 Å². The number of hydrogen-bond donors (Lipinski definition) is 0. The van der Waals surface area contributed by atoms with E-state index in [1.165, 1.54) is 0 Å². The Labute approximate surface area is 115 Å². The third-order valence-electron chi connectivity index (χ3n) is 2.52. The van der Waals surface area contributed by atoms with Crippen molar-refractivity contribution in [3.63, 3.8) is 0 Å². The first kappa shape index (κ1) is 17.4. The molecule has 1 unspecified atom stereocenters. The topological polar surface area (TPSA) is 52.6 Å². The van der Waals surface area contributed by atoms with Crippen molar-refractivity contribution in [2.24, 2.45) is 0 Å². The zero-order valence-corrected chi connectivity index (χ0v) is 12.2. The van der Waals surface area contributed by atoms with Crippen LogP contribution in [0.3, 0.4) is 0 Å². The molecule has 0 aliphatic carbocycles. The Morgan fingerprint density at radius 1 is 1.05 bits per heavy atom. The van der Waals surface area contributed by atoms with E-state index in [-0.39, 0.29) is 12.7 Å². The number of carbonyl (C=O) groups excluding carboxylic acids is 2. The molecule has 1 atom stereocenters. The van der Waals surface area contributed by atoms with Gasteiger partial charge in [0.1, 0.15) is 6.10 Å². The molecule has 0 aromatic heterocycles. The van der Waals surface area contributed by atoms with E-state index in [1.54, 1.807) is 13.8 Å². The first-order valence-electron chi connectivity index (χ1n) is 6.57. The highest BCUT2D eigenvalue weighted by Crippen LogP contribution is 2.11. The summed E-state index contributed by atoms with van der Waals surface area (Å²) in [5.74, 6) is -0.812. The van der Waals surface area contributed by atoms with E-state index in [0.29, 0.717) is 17.6 Å². The van der Waals surface area contributed by atoms with Gasteiger partial charge in [0.2, 0.25) is 0 Å². The molecule has 0 N–H and O–H groups in total. The minimum absolute atomic E-state index is 0.226. The predicted molar refractivity (Wildman–Crippen MR) is 74.6 cm³/mol. The van der Waals surface area contributed by atoms with Crippen molar-refractivity contribution in [3.8, 4) is 0 Å². The summed E-state index contributed by atoms with van der Waals surface area (Å²) < 4.78 is 10.3. The molecule has 0 aliphatic heterocycles. The second kappa shape index (κ2) is 9.36. The average molecular weight is 268 g/mol. The van der Waals surface area contributed by atoms with E-state index in [0.717, 1.165) is 19.3 Å². The van der Waals surface area contributed by atoms with Crippen LogP contribution < -0.4 is 0 Å². The molecule has 0 heterocycles. The Morgan fingerprint density at radius 2 is 1.63 bits per heavy atom. The fourth-order valence-electron chi connectivity index (χ4n) is 1.35. The molecule has 0 aromatic rings. The maximum Gasteiger partial charge on any atom is 0.333 e. The molecule has 108 valence electrons. The second-order valence-electron chi connectivity index (χ2n) is 4.65. The maximum atomic E-state index is 11.5. The lowest BCUT2D eigenvalue weighted by Gasteiger charge is -2.17. The lowest BCUT2D eigenvalue weighted by Crippen LogP contribution is -2.21. The molecule has 0 saturated heterocycles. The Balaban J connectivity index is 4.19. The first-order chi connectivity index (χ1) is 8.88. The highest BCUT2D eigenvalue weighted by Gasteiger charge is 2.15. The standard InChI is InChI=1S/C15H24O4/c1-6-7-8-13(19-15(17)12(4)5)9-10-18-14(16)11(2)3/h13H,2,4,6-10H2,1,3,5H3. The van der Waals surface area contributed by atoms with E-state index in [9.17, 15) is 9.59 Å². The van der Waals surface area contributed by atoms with Gasteiger partial charge in [-0.2, -0.15) is 0 Å². The van der Waals surface area contributed by atoms with Crippen LogP contribution in [-0.2, 0) is 19.1 Å². The zero-order valence-electron chi connectivity index (χ0n) is 12.2. The van der Waals surface area contributed by atoms with E-state index in [1.807, 2.05) is 0 Å². The van der Waals surface area contributed by atoms with Crippen molar-refractivity contribution >= 4 is 11.9 Å². The lowest BCUT2D eigenvalue weighted by atomic mass is 10.1. The minimum atomic E-state index is -0.416. The smallest absolute Gasteiger partial charge is 0.333 e. The molecular formula is C15H24O4. The summed E-state index contributed by atoms with van der Waals surface area (Å²) in [5.41, 5.74) is 0.740. The van der Waals surface area contributed by atoms with E-state index in [2.05, 4.69) is 20.1 Å². The summed E-state index contributed by atoms with van der Waals surface area (Å²) in [6.07, 6.45) is 3.01. The molecule has 0 spiro atoms. The van der Waals surface area contributed by atoms with Gasteiger partial charge < -0.3 is 9.47 Å². The van der Waals surface area contributed by atoms with Crippen molar-refractivity contribution in [3.05, 3.63) is 24.3 Å². The lowest BCUT2D eigenvalue weighted by molar-refractivity contribution is -0.146. The normalized spacial score (nSPS) is 11.5. The molecule has 0 rings (SSSR count). The number of hydrogen-bond acceptors (Lipinski definition) is 4. The number of ether oxygens (including phenoxy) is 2. The summed E-state index contributed by atoms with van der Waals surface area (Å²) >= 11 is 0. The first-order valence-corrected chi connectivity index (χ1v) is 6.57. The van der Waals surface area contributed by atoms with Gasteiger partial charge in [-0.3, -0.25) is 0 Å². The van der Waals surface area contributed by atoms with Gasteiger partial charge in [0.25, 0.3) is 0 Å². The van der Waals surface area contributed by atoms with Crippen molar-refractivity contribution in [2.75, 3.05) is 6.61 Å². The van der Waals surface area contributed by atoms with Gasteiger partial charge in [-0.25, -0.2) is 9.59 Å². The van der Waals surface area contributed by atoms with Gasteiger partial charge in [0.05, 0.1) is 6.61 Å². The van der Waals surface area contributed by atoms with Crippen molar-refractivity contribution < 1.29 is 19.1 Å². The molecule has 0 bridgehead atoms. The second-order valence-corrected chi connectivity index (χ2v) is 4.65. The maximum absolute atomic E-state index is 11.5. The SMILES string of the molecule is C=C(C)C(=O)OCCC(CCCC)OC(=O)C(=C)C. The Bertz CT molecular complexity index is 344. The van der Waals surface area contributed by atoms with Crippen molar-refractivity contribution in [1.29, 1.82) is 0 Å². The number of carbonyl (C=O) groups is 2. The number of unbranched alkanes of at least 4 members (excludes halogenated alkanes) is 1. The number of esters is 2. The van der Waals surface area contributed by atoms with Gasteiger partial charge in [-0.1, -0.05) is 32.9 Å². The molecule has 0 amide bonds. The monoisotopic (exact) mass is 268 g/mol. The van der Waals surface area contributed by atoms with Crippen LogP contribution in [0.25, 0.3) is 0 Å². The molecule has 4 heteroatoms. The van der Waals surface area contributed by atoms with Crippen LogP contribution in [-0.4, -0.2) is 24.6 Å². The highest BCUT2D eigenvalue weighted by atomic mass is 16.6. The molecule has 0 radical (unpaired) electrons. The van der Waals surface area contributed by atoms with Crippen LogP contribution in [0.5, 0.6) is 0 Å². The van der Waals surface area contributed by atoms with Gasteiger partial charge >= 0.3 is 11.9 Å². The summed E-state index contributed by atoms with van der Waals surface area (Å²) in [6, 6.07) is 0. The van der Waals surface area contributed by atoms with E-state index < -0.39 is 11.9 Å². The molecule has 4 nitrogen and oxygen atoms in total. The summed E-state index contributed by atoms with van der Waals surface area (Å²) in [5, 5.41) is 0. The van der Waals surface area contributed by atoms with Crippen LogP contribution in [0.2, 0.25) is 0 Å². The van der Waals surface area contributed by atoms with Gasteiger partial charge in [0.15, 0.2) is 0 Å². The molecule has 0 aliphatic rings. The molecule has 0 aromatic carbocycles. The largest absolute Gasteiger partial charge is 0.462 e. The summed E-state index contributed by atoms with van der Waals surface area (Å²) in [7, 11) is 0. The van der Waals surface area contributed by atoms with Gasteiger partial charge in [-0.15, -0.1) is 0 Å². The third kappa shape index (κ3) is 8.19. The summed E-state index contributed by atoms with van der Waals surface area (Å²) in [6.45, 7) is 12.6. The predicted octanol–water partition coefficient (Wildman–Crippen LogP) is 3.17. The molecule has 19 heavy (non-hydrogen) atoms. The number of rotatable bonds is 9. The fourth-order valence-corrected chi connectivity index (χ4v) is 1.35. The zero-order chi connectivity index (χ0) is 14.8. The Hall–Kier alpha value is -1.58. The third-order valence-corrected chi connectivity index (χ3v) is 2.52. The van der Waals surface area contributed by atoms with Crippen LogP contribution in [0, 0.1) is 0 Å². The molecule has 0 saturated carbocycles. The molecular weight excluding hydrogens is 244 g/mol. The fraction of sp³-hybridized carbons (Fsp3) is 0.600.